The van der Waals surface area contributed by atoms with Crippen molar-refractivity contribution in [2.24, 2.45) is 0 Å². The van der Waals surface area contributed by atoms with Crippen LogP contribution in [-0.2, 0) is 13.3 Å². The van der Waals surface area contributed by atoms with Crippen molar-refractivity contribution < 1.29 is 17.9 Å². The van der Waals surface area contributed by atoms with E-state index < -0.39 is 8.60 Å². The number of halogens is 2. The summed E-state index contributed by atoms with van der Waals surface area (Å²) >= 11 is 4.61. The average Bonchev–Trinajstić information content (AvgIpc) is 1.72. The summed E-state index contributed by atoms with van der Waals surface area (Å²) in [5.74, 6) is 0. The first-order chi connectivity index (χ1) is 3.35. The van der Waals surface area contributed by atoms with E-state index >= 15 is 0 Å². The number of hydrogen-bond acceptors (Lipinski definition) is 3. The average molecular weight is 148 g/mol. The first kappa shape index (κ1) is 7.53. The third kappa shape index (κ3) is 3.14. The van der Waals surface area contributed by atoms with Crippen LogP contribution in [0.2, 0.25) is 0 Å². The Kier molecular flexibility index (Phi) is 5.04. The van der Waals surface area contributed by atoms with Gasteiger partial charge >= 0.3 is 8.60 Å². The fraction of sp³-hybridized carbons (Fsp3) is 1.00. The topological polar surface area (TPSA) is 27.7 Å². The predicted molar refractivity (Wildman–Crippen MR) is 23.1 cm³/mol. The molecule has 0 bridgehead atoms. The summed E-state index contributed by atoms with van der Waals surface area (Å²) in [5, 5.41) is 0. The van der Waals surface area contributed by atoms with Crippen LogP contribution < -0.4 is 0 Å². The van der Waals surface area contributed by atoms with Gasteiger partial charge in [0.1, 0.15) is 0 Å². The molecule has 3 nitrogen and oxygen atoms in total. The molecule has 0 heterocycles. The molecule has 0 amide bonds. The van der Waals surface area contributed by atoms with Crippen LogP contribution in [0.15, 0.2) is 0 Å². The summed E-state index contributed by atoms with van der Waals surface area (Å²) in [7, 11) is -0.739. The van der Waals surface area contributed by atoms with E-state index in [9.17, 15) is 4.53 Å². The molecule has 1 unspecified atom stereocenters. The van der Waals surface area contributed by atoms with Gasteiger partial charge < -0.3 is 4.52 Å². The molecule has 0 saturated heterocycles. The molecule has 0 aromatic rings. The minimum absolute atomic E-state index is 1.22. The molecular formula is CH3ClFO3P. The van der Waals surface area contributed by atoms with Gasteiger partial charge in [-0.15, -0.1) is 4.73 Å². The van der Waals surface area contributed by atoms with E-state index in [0.29, 0.717) is 0 Å². The normalized spacial score (nSPS) is 14.1. The van der Waals surface area contributed by atoms with Gasteiger partial charge in [-0.3, -0.25) is 0 Å². The largest absolute Gasteiger partial charge is 0.385 e. The van der Waals surface area contributed by atoms with Gasteiger partial charge in [0, 0.05) is 7.11 Å². The van der Waals surface area contributed by atoms with E-state index in [1.807, 2.05) is 0 Å². The van der Waals surface area contributed by atoms with Gasteiger partial charge in [-0.2, -0.15) is 4.08 Å². The molecule has 0 aliphatic carbocycles. The summed E-state index contributed by atoms with van der Waals surface area (Å²) in [6.07, 6.45) is 0. The summed E-state index contributed by atoms with van der Waals surface area (Å²) in [6.45, 7) is 0. The van der Waals surface area contributed by atoms with E-state index in [1.165, 1.54) is 7.11 Å². The maximum atomic E-state index is 10.9. The Hall–Kier alpha value is 0.530. The van der Waals surface area contributed by atoms with Gasteiger partial charge in [0.05, 0.1) is 11.9 Å². The van der Waals surface area contributed by atoms with Crippen molar-refractivity contribution in [2.45, 2.75) is 0 Å². The summed E-state index contributed by atoms with van der Waals surface area (Å²) in [5.41, 5.74) is 0. The Balaban J connectivity index is 2.99. The maximum Gasteiger partial charge on any atom is 0.385 e. The third-order valence-electron chi connectivity index (χ3n) is 0.262. The molecule has 0 aromatic heterocycles. The molecule has 0 N–H and O–H groups in total. The van der Waals surface area contributed by atoms with Gasteiger partial charge in [-0.05, 0) is 4.53 Å². The van der Waals surface area contributed by atoms with Gasteiger partial charge in [-0.1, -0.05) is 0 Å². The molecule has 0 aromatic carbocycles. The maximum absolute atomic E-state index is 10.9. The van der Waals surface area contributed by atoms with Crippen LogP contribution in [0, 0.1) is 0 Å². The SMILES string of the molecule is COP(OF)OCl. The Morgan fingerprint density at radius 1 is 1.71 bits per heavy atom. The second kappa shape index (κ2) is 4.68. The van der Waals surface area contributed by atoms with Crippen molar-refractivity contribution in [3.05, 3.63) is 0 Å². The van der Waals surface area contributed by atoms with Gasteiger partial charge in [0.15, 0.2) is 0 Å². The van der Waals surface area contributed by atoms with Crippen LogP contribution >= 0.6 is 20.5 Å². The lowest BCUT2D eigenvalue weighted by molar-refractivity contribution is -0.0209. The molecule has 0 spiro atoms. The van der Waals surface area contributed by atoms with Crippen LogP contribution in [0.4, 0.5) is 4.53 Å². The molecule has 0 aliphatic heterocycles. The van der Waals surface area contributed by atoms with Crippen LogP contribution in [0.5, 0.6) is 0 Å². The second-order valence-electron chi connectivity index (χ2n) is 0.544. The first-order valence-corrected chi connectivity index (χ1v) is 2.67. The molecule has 0 radical (unpaired) electrons. The quantitative estimate of drug-likeness (QED) is 0.573. The predicted octanol–water partition coefficient (Wildman–Crippen LogP) is 1.93. The van der Waals surface area contributed by atoms with Gasteiger partial charge in [0.25, 0.3) is 0 Å². The van der Waals surface area contributed by atoms with Crippen molar-refractivity contribution in [3.63, 3.8) is 0 Å². The molecule has 44 valence electrons. The van der Waals surface area contributed by atoms with E-state index in [0.717, 1.165) is 0 Å². The molecule has 1 atom stereocenters. The highest BCUT2D eigenvalue weighted by molar-refractivity contribution is 7.42. The minimum atomic E-state index is -1.96. The lowest BCUT2D eigenvalue weighted by Crippen LogP contribution is -1.74. The molecule has 6 heteroatoms. The highest BCUT2D eigenvalue weighted by Gasteiger charge is 2.07. The van der Waals surface area contributed by atoms with Gasteiger partial charge in [-0.25, -0.2) is 0 Å². The Morgan fingerprint density at radius 3 is 2.29 bits per heavy atom. The Labute approximate surface area is 46.4 Å². The standard InChI is InChI=1S/CH3ClFO3P/c1-4-7(5-2)6-3/h1H3. The van der Waals surface area contributed by atoms with Crippen molar-refractivity contribution in [3.8, 4) is 0 Å². The Morgan fingerprint density at radius 2 is 2.29 bits per heavy atom. The second-order valence-corrected chi connectivity index (χ2v) is 2.05. The monoisotopic (exact) mass is 148 g/mol. The summed E-state index contributed by atoms with van der Waals surface area (Å²) in [6, 6.07) is 0. The fourth-order valence-corrected chi connectivity index (χ4v) is 0.434. The summed E-state index contributed by atoms with van der Waals surface area (Å²) in [4.78, 5) is 0. The van der Waals surface area contributed by atoms with Gasteiger partial charge in [0.2, 0.25) is 0 Å². The minimum Gasteiger partial charge on any atom is -0.313 e. The van der Waals surface area contributed by atoms with Crippen LogP contribution in [0.3, 0.4) is 0 Å². The fourth-order valence-electron chi connectivity index (χ4n) is 0.0670. The lowest BCUT2D eigenvalue weighted by Gasteiger charge is -1.98. The number of rotatable bonds is 3. The molecule has 0 rings (SSSR count). The molecule has 0 fully saturated rings. The smallest absolute Gasteiger partial charge is 0.313 e. The van der Waals surface area contributed by atoms with Crippen molar-refractivity contribution in [1.29, 1.82) is 0 Å². The highest BCUT2D eigenvalue weighted by atomic mass is 35.5. The van der Waals surface area contributed by atoms with E-state index in [4.69, 9.17) is 0 Å². The zero-order chi connectivity index (χ0) is 5.70. The van der Waals surface area contributed by atoms with Crippen molar-refractivity contribution >= 4 is 20.5 Å². The Bertz CT molecular complexity index is 36.4. The van der Waals surface area contributed by atoms with E-state index in [2.05, 4.69) is 25.2 Å². The highest BCUT2D eigenvalue weighted by Crippen LogP contribution is 2.39. The van der Waals surface area contributed by atoms with Crippen LogP contribution in [-0.4, -0.2) is 7.11 Å². The molecular weight excluding hydrogens is 145 g/mol. The van der Waals surface area contributed by atoms with Crippen molar-refractivity contribution in [1.82, 2.24) is 0 Å². The first-order valence-electron chi connectivity index (χ1n) is 1.26. The zero-order valence-corrected chi connectivity index (χ0v) is 5.08. The van der Waals surface area contributed by atoms with E-state index in [-0.39, 0.29) is 0 Å². The van der Waals surface area contributed by atoms with Crippen LogP contribution in [0.25, 0.3) is 0 Å². The van der Waals surface area contributed by atoms with Crippen LogP contribution in [0.1, 0.15) is 0 Å². The number of hydrogen-bond donors (Lipinski definition) is 0. The summed E-state index contributed by atoms with van der Waals surface area (Å²) < 4.78 is 21.8. The lowest BCUT2D eigenvalue weighted by atomic mass is 11.8. The molecule has 7 heavy (non-hydrogen) atoms. The molecule has 0 saturated carbocycles. The zero-order valence-electron chi connectivity index (χ0n) is 3.43. The van der Waals surface area contributed by atoms with E-state index in [1.54, 1.807) is 0 Å². The van der Waals surface area contributed by atoms with Crippen molar-refractivity contribution in [2.75, 3.05) is 7.11 Å². The molecule has 0 aliphatic rings. The third-order valence-corrected chi connectivity index (χ3v) is 1.12.